The van der Waals surface area contributed by atoms with E-state index in [4.69, 9.17) is 4.74 Å². The van der Waals surface area contributed by atoms with Gasteiger partial charge in [-0.3, -0.25) is 14.5 Å². The lowest BCUT2D eigenvalue weighted by Gasteiger charge is -2.28. The zero-order valence-electron chi connectivity index (χ0n) is 9.41. The first-order valence-electron chi connectivity index (χ1n) is 5.93. The summed E-state index contributed by atoms with van der Waals surface area (Å²) in [5.41, 5.74) is 0. The van der Waals surface area contributed by atoms with Crippen molar-refractivity contribution < 1.29 is 14.3 Å². The lowest BCUT2D eigenvalue weighted by Crippen LogP contribution is -2.44. The smallest absolute Gasteiger partial charge is 0.229 e. The van der Waals surface area contributed by atoms with Crippen LogP contribution in [0.2, 0.25) is 0 Å². The van der Waals surface area contributed by atoms with Crippen molar-refractivity contribution in [3.63, 3.8) is 0 Å². The van der Waals surface area contributed by atoms with Gasteiger partial charge in [-0.1, -0.05) is 0 Å². The van der Waals surface area contributed by atoms with Crippen molar-refractivity contribution in [1.82, 2.24) is 10.2 Å². The Kier molecular flexibility index (Phi) is 3.90. The van der Waals surface area contributed by atoms with Crippen LogP contribution in [0.15, 0.2) is 0 Å². The van der Waals surface area contributed by atoms with E-state index < -0.39 is 0 Å². The molecule has 2 saturated heterocycles. The van der Waals surface area contributed by atoms with Gasteiger partial charge in [-0.2, -0.15) is 0 Å². The molecule has 0 saturated carbocycles. The number of carbonyl (C=O) groups is 2. The standard InChI is InChI=1S/C11H18N2O3/c14-10-2-1-3-11(15)13(10)6-4-9-8-12-5-7-16-9/h9,12H,1-8H2. The van der Waals surface area contributed by atoms with Gasteiger partial charge < -0.3 is 10.1 Å². The second-order valence-electron chi connectivity index (χ2n) is 4.28. The number of rotatable bonds is 3. The molecule has 2 fully saturated rings. The van der Waals surface area contributed by atoms with E-state index in [2.05, 4.69) is 5.32 Å². The first-order chi connectivity index (χ1) is 7.77. The molecule has 2 aliphatic heterocycles. The highest BCUT2D eigenvalue weighted by molar-refractivity contribution is 5.97. The minimum absolute atomic E-state index is 0.0278. The van der Waals surface area contributed by atoms with Crippen LogP contribution in [0.1, 0.15) is 25.7 Å². The van der Waals surface area contributed by atoms with E-state index in [0.717, 1.165) is 19.5 Å². The van der Waals surface area contributed by atoms with Gasteiger partial charge in [0.1, 0.15) is 0 Å². The van der Waals surface area contributed by atoms with E-state index in [1.807, 2.05) is 0 Å². The molecule has 1 atom stereocenters. The van der Waals surface area contributed by atoms with E-state index in [-0.39, 0.29) is 17.9 Å². The van der Waals surface area contributed by atoms with E-state index in [0.29, 0.717) is 32.4 Å². The van der Waals surface area contributed by atoms with Crippen LogP contribution in [-0.4, -0.2) is 49.1 Å². The van der Waals surface area contributed by atoms with Crippen molar-refractivity contribution >= 4 is 11.8 Å². The van der Waals surface area contributed by atoms with Gasteiger partial charge in [0.2, 0.25) is 11.8 Å². The van der Waals surface area contributed by atoms with Gasteiger partial charge in [-0.25, -0.2) is 0 Å². The molecule has 0 aromatic carbocycles. The van der Waals surface area contributed by atoms with Gasteiger partial charge in [-0.15, -0.1) is 0 Å². The summed E-state index contributed by atoms with van der Waals surface area (Å²) in [4.78, 5) is 24.4. The van der Waals surface area contributed by atoms with Gasteiger partial charge in [0.05, 0.1) is 12.7 Å². The number of morpholine rings is 1. The molecule has 90 valence electrons. The van der Waals surface area contributed by atoms with Crippen molar-refractivity contribution in [3.8, 4) is 0 Å². The van der Waals surface area contributed by atoms with Crippen LogP contribution in [0, 0.1) is 0 Å². The predicted octanol–water partition coefficient (Wildman–Crippen LogP) is -0.0960. The summed E-state index contributed by atoms with van der Waals surface area (Å²) in [6.45, 7) is 2.92. The molecule has 0 aliphatic carbocycles. The second-order valence-corrected chi connectivity index (χ2v) is 4.28. The Morgan fingerprint density at radius 3 is 2.69 bits per heavy atom. The number of piperidine rings is 1. The lowest BCUT2D eigenvalue weighted by atomic mass is 10.1. The van der Waals surface area contributed by atoms with Crippen molar-refractivity contribution in [2.24, 2.45) is 0 Å². The van der Waals surface area contributed by atoms with Gasteiger partial charge in [0, 0.05) is 32.5 Å². The number of nitrogens with zero attached hydrogens (tertiary/aromatic N) is 1. The Labute approximate surface area is 95.1 Å². The van der Waals surface area contributed by atoms with Gasteiger partial charge in [0.15, 0.2) is 0 Å². The molecule has 2 rings (SSSR count). The Morgan fingerprint density at radius 2 is 2.06 bits per heavy atom. The Hall–Kier alpha value is -0.940. The third kappa shape index (κ3) is 2.80. The number of likely N-dealkylation sites (tertiary alicyclic amines) is 1. The van der Waals surface area contributed by atoms with Crippen LogP contribution in [-0.2, 0) is 14.3 Å². The number of hydrogen-bond donors (Lipinski definition) is 1. The molecule has 5 heteroatoms. The van der Waals surface area contributed by atoms with Crippen molar-refractivity contribution in [1.29, 1.82) is 0 Å². The highest BCUT2D eigenvalue weighted by atomic mass is 16.5. The fourth-order valence-corrected chi connectivity index (χ4v) is 2.13. The van der Waals surface area contributed by atoms with Crippen LogP contribution >= 0.6 is 0 Å². The second kappa shape index (κ2) is 5.41. The zero-order chi connectivity index (χ0) is 11.4. The van der Waals surface area contributed by atoms with Crippen LogP contribution in [0.3, 0.4) is 0 Å². The predicted molar refractivity (Wildman–Crippen MR) is 57.8 cm³/mol. The Bertz CT molecular complexity index is 258. The number of hydrogen-bond acceptors (Lipinski definition) is 4. The summed E-state index contributed by atoms with van der Waals surface area (Å²) in [5, 5.41) is 3.23. The monoisotopic (exact) mass is 226 g/mol. The zero-order valence-corrected chi connectivity index (χ0v) is 9.41. The molecule has 16 heavy (non-hydrogen) atoms. The van der Waals surface area contributed by atoms with Gasteiger partial charge >= 0.3 is 0 Å². The molecule has 0 spiro atoms. The molecule has 2 aliphatic rings. The van der Waals surface area contributed by atoms with E-state index >= 15 is 0 Å². The third-order valence-corrected chi connectivity index (χ3v) is 3.06. The maximum Gasteiger partial charge on any atom is 0.229 e. The highest BCUT2D eigenvalue weighted by Crippen LogP contribution is 2.13. The van der Waals surface area contributed by atoms with Crippen LogP contribution < -0.4 is 5.32 Å². The van der Waals surface area contributed by atoms with Crippen molar-refractivity contribution in [2.45, 2.75) is 31.8 Å². The van der Waals surface area contributed by atoms with E-state index in [9.17, 15) is 9.59 Å². The molecule has 2 amide bonds. The summed E-state index contributed by atoms with van der Waals surface area (Å²) in [6, 6.07) is 0. The minimum atomic E-state index is -0.0278. The minimum Gasteiger partial charge on any atom is -0.376 e. The normalized spacial score (nSPS) is 27.2. The molecule has 0 bridgehead atoms. The van der Waals surface area contributed by atoms with Gasteiger partial charge in [-0.05, 0) is 12.8 Å². The van der Waals surface area contributed by atoms with Crippen molar-refractivity contribution in [3.05, 3.63) is 0 Å². The summed E-state index contributed by atoms with van der Waals surface area (Å²) >= 11 is 0. The highest BCUT2D eigenvalue weighted by Gasteiger charge is 2.26. The summed E-state index contributed by atoms with van der Waals surface area (Å²) < 4.78 is 5.53. The molecule has 1 N–H and O–H groups in total. The van der Waals surface area contributed by atoms with Crippen LogP contribution in [0.25, 0.3) is 0 Å². The van der Waals surface area contributed by atoms with Gasteiger partial charge in [0.25, 0.3) is 0 Å². The first kappa shape index (κ1) is 11.5. The quantitative estimate of drug-likeness (QED) is 0.683. The Morgan fingerprint density at radius 1 is 1.31 bits per heavy atom. The summed E-state index contributed by atoms with van der Waals surface area (Å²) in [7, 11) is 0. The molecular weight excluding hydrogens is 208 g/mol. The molecule has 0 aromatic heterocycles. The number of carbonyl (C=O) groups excluding carboxylic acids is 2. The number of amides is 2. The fraction of sp³-hybridized carbons (Fsp3) is 0.818. The maximum absolute atomic E-state index is 11.5. The number of ether oxygens (including phenoxy) is 1. The molecule has 2 heterocycles. The Balaban J connectivity index is 1.78. The summed E-state index contributed by atoms with van der Waals surface area (Å²) in [6.07, 6.45) is 2.60. The third-order valence-electron chi connectivity index (χ3n) is 3.06. The molecule has 5 nitrogen and oxygen atoms in total. The largest absolute Gasteiger partial charge is 0.376 e. The van der Waals surface area contributed by atoms with E-state index in [1.54, 1.807) is 0 Å². The van der Waals surface area contributed by atoms with Crippen LogP contribution in [0.4, 0.5) is 0 Å². The summed E-state index contributed by atoms with van der Waals surface area (Å²) in [5.74, 6) is -0.0555. The van der Waals surface area contributed by atoms with E-state index in [1.165, 1.54) is 4.90 Å². The SMILES string of the molecule is O=C1CCCC(=O)N1CCC1CNCCO1. The first-order valence-corrected chi connectivity index (χ1v) is 5.93. The average molecular weight is 226 g/mol. The number of imide groups is 1. The fourth-order valence-electron chi connectivity index (χ4n) is 2.13. The van der Waals surface area contributed by atoms with Crippen molar-refractivity contribution in [2.75, 3.05) is 26.2 Å². The topological polar surface area (TPSA) is 58.6 Å². The molecule has 0 radical (unpaired) electrons. The molecule has 1 unspecified atom stereocenters. The average Bonchev–Trinajstić information content (AvgIpc) is 2.30. The maximum atomic E-state index is 11.5. The van der Waals surface area contributed by atoms with Crippen LogP contribution in [0.5, 0.6) is 0 Å². The number of nitrogens with one attached hydrogen (secondary N) is 1. The lowest BCUT2D eigenvalue weighted by molar-refractivity contribution is -0.148. The molecular formula is C11H18N2O3. The molecule has 0 aromatic rings.